The van der Waals surface area contributed by atoms with Crippen molar-refractivity contribution in [2.45, 2.75) is 126 Å². The maximum atomic E-state index is 12.7. The number of Topliss-reactive ketones (excluding diaryl/α,β-unsaturated/α-hetero) is 1. The van der Waals surface area contributed by atoms with Crippen LogP contribution in [0, 0.1) is 12.8 Å². The molecule has 4 atom stereocenters. The molecular weight excluding hydrogens is 2010 g/mol. The first kappa shape index (κ1) is 117. The lowest BCUT2D eigenvalue weighted by molar-refractivity contribution is -0.142. The zero-order valence-corrected chi connectivity index (χ0v) is 87.6. The number of hydrogen-bond acceptors (Lipinski definition) is 33. The molecule has 750 valence electrons. The van der Waals surface area contributed by atoms with Crippen LogP contribution in [0.15, 0.2) is 172 Å². The molecule has 3 amide bonds. The van der Waals surface area contributed by atoms with E-state index in [0.717, 1.165) is 119 Å². The summed E-state index contributed by atoms with van der Waals surface area (Å²) in [6, 6.07) is 31.9. The number of pyridine rings is 3. The molecule has 5 aromatic carbocycles. The number of aliphatic hydroxyl groups excluding tert-OH is 1. The number of nitrogens with one attached hydrogen (secondary N) is 1. The monoisotopic (exact) mass is 2120 g/mol. The van der Waals surface area contributed by atoms with Crippen LogP contribution in [0.5, 0.6) is 28.7 Å². The third-order valence-electron chi connectivity index (χ3n) is 20.2. The van der Waals surface area contributed by atoms with Crippen molar-refractivity contribution in [2.75, 3.05) is 81.4 Å². The van der Waals surface area contributed by atoms with Crippen LogP contribution in [0.2, 0.25) is 12.0 Å². The summed E-state index contributed by atoms with van der Waals surface area (Å²) in [4.78, 5) is 143. The molecule has 13 aromatic rings. The Morgan fingerprint density at radius 1 is 0.564 bits per heavy atom. The SMILES string of the molecule is CB(O)N1C[C@H](O)C[C@H]1C(=O)O.CC(=O)O.CCN(CC)C(=O)c1ccc(OC)cc1C.CCN(CC)C(=O)c1ccc(OC)cc1CC(=O)c1nccs1.CCOC(=O)c1nccs1.COc1ccc2c(=O)[nH]c(-c3nccs3)cc2c1.COc1ccc2c(C[C@@H]3C[C@@H](C(=O)O)N(C(=O)OC(C)(C)C)C3)nc(-c3nccs3)cc2c1.COc1ccc2c(Cl)nc(-c3nccs3)cc2c1.N.O=P(Cl)(Cl)Cl. The highest BCUT2D eigenvalue weighted by Crippen LogP contribution is 2.61. The third-order valence-corrected chi connectivity index (χ3v) is 24.5. The lowest BCUT2D eigenvalue weighted by atomic mass is 9.84. The molecule has 0 spiro atoms. The van der Waals surface area contributed by atoms with Gasteiger partial charge in [0.05, 0.1) is 59.6 Å². The summed E-state index contributed by atoms with van der Waals surface area (Å²) in [6.45, 7) is 23.1. The van der Waals surface area contributed by atoms with Gasteiger partial charge in [0.15, 0.2) is 10.8 Å². The highest BCUT2D eigenvalue weighted by Gasteiger charge is 2.43. The number of likely N-dealkylation sites (tertiary alicyclic amines) is 1. The van der Waals surface area contributed by atoms with Crippen LogP contribution in [-0.2, 0) is 41.3 Å². The Bertz CT molecular complexity index is 6310. The highest BCUT2D eigenvalue weighted by molar-refractivity contribution is 8.24. The molecule has 0 saturated carbocycles. The first-order valence-electron chi connectivity index (χ1n) is 42.9. The number of methoxy groups -OCH3 is 5. The summed E-state index contributed by atoms with van der Waals surface area (Å²) >= 11 is 27.2. The average molecular weight is 2120 g/mol. The second-order valence-corrected chi connectivity index (χ2v) is 42.3. The fraction of sp³-hybridized carbons (Fsp3) is 0.340. The topological polar surface area (TPSA) is 490 Å². The van der Waals surface area contributed by atoms with Crippen molar-refractivity contribution in [1.29, 1.82) is 0 Å². The molecule has 2 saturated heterocycles. The fourth-order valence-corrected chi connectivity index (χ4v) is 17.0. The molecule has 0 unspecified atom stereocenters. The van der Waals surface area contributed by atoms with Crippen molar-refractivity contribution in [2.24, 2.45) is 5.92 Å². The second-order valence-electron chi connectivity index (χ2n) is 30.8. The van der Waals surface area contributed by atoms with Crippen molar-refractivity contribution >= 4 is 194 Å². The van der Waals surface area contributed by atoms with Crippen LogP contribution < -0.4 is 35.4 Å². The van der Waals surface area contributed by atoms with Gasteiger partial charge >= 0.3 is 36.3 Å². The number of fused-ring (bicyclic) bond motifs is 3. The number of benzene rings is 5. The first-order valence-corrected chi connectivity index (χ1v) is 52.1. The predicted molar refractivity (Wildman–Crippen MR) is 552 cm³/mol. The summed E-state index contributed by atoms with van der Waals surface area (Å²) in [5, 5.41) is 59.3. The summed E-state index contributed by atoms with van der Waals surface area (Å²) in [5.74, 6) is 0.360. The molecule has 2 aliphatic rings. The summed E-state index contributed by atoms with van der Waals surface area (Å²) in [5.41, 5.74) is 5.24. The minimum Gasteiger partial charge on any atom is -0.497 e. The number of hydrogen-bond donors (Lipinski definition) is 7. The normalized spacial score (nSPS) is 13.9. The number of esters is 1. The van der Waals surface area contributed by atoms with Gasteiger partial charge in [-0.1, -0.05) is 11.6 Å². The van der Waals surface area contributed by atoms with Crippen LogP contribution in [0.25, 0.3) is 64.4 Å². The maximum absolute atomic E-state index is 12.7. The highest BCUT2D eigenvalue weighted by atomic mass is 36.0. The number of β-amino-alcohol motifs (C(OH)–C–C–N with tert-alkyl or cyclic N) is 1. The van der Waals surface area contributed by atoms with Gasteiger partial charge in [-0.3, -0.25) is 38.2 Å². The zero-order chi connectivity index (χ0) is 103. The largest absolute Gasteiger partial charge is 0.497 e. The van der Waals surface area contributed by atoms with Gasteiger partial charge in [-0.15, -0.1) is 56.7 Å². The number of halogens is 4. The number of rotatable bonds is 24. The Kier molecular flexibility index (Phi) is 47.9. The van der Waals surface area contributed by atoms with Crippen molar-refractivity contribution in [1.82, 2.24) is 65.5 Å². The van der Waals surface area contributed by atoms with E-state index in [1.807, 2.05) is 135 Å². The number of amides is 3. The third kappa shape index (κ3) is 36.1. The van der Waals surface area contributed by atoms with Crippen molar-refractivity contribution < 1.29 is 102 Å². The molecular formula is C94H111BCl4N13O22PS5. The lowest BCUT2D eigenvalue weighted by Crippen LogP contribution is -2.44. The number of carbonyl (C=O) groups excluding carboxylic acids is 5. The van der Waals surface area contributed by atoms with E-state index < -0.39 is 60.0 Å². The molecule has 9 N–H and O–H groups in total. The van der Waals surface area contributed by atoms with Crippen molar-refractivity contribution in [3.8, 4) is 60.9 Å². The van der Waals surface area contributed by atoms with Crippen LogP contribution in [0.4, 0.5) is 4.79 Å². The predicted octanol–water partition coefficient (Wildman–Crippen LogP) is 19.8. The Morgan fingerprint density at radius 3 is 1.44 bits per heavy atom. The Hall–Kier alpha value is -11.7. The number of aromatic amines is 1. The average Bonchev–Trinajstić information content (AvgIpc) is 1.67. The summed E-state index contributed by atoms with van der Waals surface area (Å²) in [6.07, 6.45) is 8.36. The number of thiazole rings is 5. The molecule has 10 heterocycles. The van der Waals surface area contributed by atoms with Gasteiger partial charge in [0.2, 0.25) is 5.01 Å². The number of nitrogens with zero attached hydrogens (tertiary/aromatic N) is 11. The van der Waals surface area contributed by atoms with Gasteiger partial charge in [-0.2, -0.15) is 0 Å². The summed E-state index contributed by atoms with van der Waals surface area (Å²) in [7, 11) is 7.25. The number of carbonyl (C=O) groups is 8. The van der Waals surface area contributed by atoms with Crippen LogP contribution in [0.3, 0.4) is 0 Å². The molecule has 2 aliphatic heterocycles. The molecule has 140 heavy (non-hydrogen) atoms. The number of aryl methyl sites for hydroxylation is 1. The molecule has 35 nitrogen and oxygen atoms in total. The Balaban J connectivity index is 0.000000253. The standard InChI is InChI=1S/C24H27N3O5S.C17H20N2O3S.C13H9ClN2OS.C13H10N2O2S.C13H19NO2.C6H12BNO4.C6H7NO2S.C2H4O2.Cl3OP.H3N/c1-24(2,3)32-23(30)27-13-14(10-20(27)22(28)29)9-18-17-6-5-16(31-4)11-15(17)12-19(26-18)21-25-7-8-33-21;1-4-19(5-2)17(21)14-7-6-13(22-3)10-12(14)11-15(20)16-18-8-9-23-16;1-17-9-2-3-10-8(6-9)7-11(16-12(10)14)13-15-4-5-18-13;1-17-9-2-3-10-8(6-9)7-11(15-12(10)16)13-14-4-5-18-13;1-5-14(6-2)13(15)12-8-7-11(16-4)9-10(12)3;1-7(12)8-3-4(9)2-5(8)6(10)11;1-2-9-6(8)5-7-3-4-10-5;1-2(3)4;1-5(2,3)4;/h5-8,11-12,14,20H,9-10,13H2,1-4H3,(H,28,29);6-10H,4-5,11H2,1-3H3;2-7H,1H3;2-7H,1H3,(H,15,16);7-9H,5-6H2,1-4H3;4-5,9,12H,2-3H2,1H3,(H,10,11);3-4H,2H2,1H3;1H3,(H,3,4);;1H3/t14-,20+;;;;;4-,5+;;;;/m1....1..../s1. The zero-order valence-electron chi connectivity index (χ0n) is 79.6. The lowest BCUT2D eigenvalue weighted by Gasteiger charge is -2.26. The van der Waals surface area contributed by atoms with Crippen molar-refractivity contribution in [3.05, 3.63) is 221 Å². The molecule has 0 aliphatic carbocycles. The fourth-order valence-electron chi connectivity index (χ4n) is 13.8. The van der Waals surface area contributed by atoms with E-state index in [9.17, 15) is 48.0 Å². The number of aliphatic carboxylic acids is 3. The summed E-state index contributed by atoms with van der Waals surface area (Å²) < 4.78 is 45.8. The number of aliphatic hydroxyl groups is 1. The number of ether oxygens (including phenoxy) is 7. The van der Waals surface area contributed by atoms with Gasteiger partial charge in [0.1, 0.15) is 72.3 Å². The Labute approximate surface area is 849 Å². The molecule has 15 rings (SSSR count). The maximum Gasteiger partial charge on any atom is 0.411 e. The minimum absolute atomic E-state index is 0. The second kappa shape index (κ2) is 57.3. The van der Waals surface area contributed by atoms with Crippen LogP contribution in [0.1, 0.15) is 132 Å². The molecule has 2 fully saturated rings. The minimum atomic E-state index is -3.22. The van der Waals surface area contributed by atoms with Crippen LogP contribution >= 0.6 is 107 Å². The molecule has 0 bridgehead atoms. The quantitative estimate of drug-likeness (QED) is 0.00971. The molecule has 0 radical (unpaired) electrons. The van der Waals surface area contributed by atoms with Crippen LogP contribution in [-0.4, -0.2) is 245 Å². The van der Waals surface area contributed by atoms with E-state index in [0.29, 0.717) is 76.5 Å². The number of carboxylic acid groups (broad SMARTS) is 3. The smallest absolute Gasteiger partial charge is 0.411 e. The first-order chi connectivity index (χ1) is 66.0. The Morgan fingerprint density at radius 2 is 0.993 bits per heavy atom. The van der Waals surface area contributed by atoms with E-state index in [1.54, 1.807) is 140 Å². The molecule has 46 heteroatoms. The van der Waals surface area contributed by atoms with Crippen molar-refractivity contribution in [3.63, 3.8) is 0 Å². The van der Waals surface area contributed by atoms with Gasteiger partial charge in [-0.05, 0) is 265 Å². The van der Waals surface area contributed by atoms with E-state index >= 15 is 0 Å². The van der Waals surface area contributed by atoms with E-state index in [1.165, 1.54) is 73.2 Å². The van der Waals surface area contributed by atoms with E-state index in [-0.39, 0.29) is 60.6 Å². The van der Waals surface area contributed by atoms with E-state index in [4.69, 9.17) is 74.9 Å². The number of aromatic nitrogens is 8. The van der Waals surface area contributed by atoms with Gasteiger partial charge in [-0.25, -0.2) is 49.3 Å². The number of carboxylic acids is 3. The van der Waals surface area contributed by atoms with Gasteiger partial charge in [0, 0.05) is 143 Å². The van der Waals surface area contributed by atoms with Gasteiger partial charge < -0.3 is 84.4 Å². The molecule has 8 aromatic heterocycles. The van der Waals surface area contributed by atoms with Gasteiger partial charge in [0.25, 0.3) is 23.3 Å². The van der Waals surface area contributed by atoms with E-state index in [2.05, 4.69) is 68.6 Å². The number of H-pyrrole nitrogens is 1. The number of ketones is 1.